The van der Waals surface area contributed by atoms with Crippen LogP contribution in [0, 0.1) is 0 Å². The number of hydrogen-bond donors (Lipinski definition) is 0. The molecule has 0 aliphatic carbocycles. The number of benzene rings is 2. The molecule has 0 atom stereocenters. The number of anilines is 1. The van der Waals surface area contributed by atoms with Crippen molar-refractivity contribution in [3.8, 4) is 11.5 Å². The normalized spacial score (nSPS) is 13.3. The van der Waals surface area contributed by atoms with Crippen LogP contribution in [0.1, 0.15) is 15.9 Å². The van der Waals surface area contributed by atoms with E-state index in [9.17, 15) is 4.79 Å². The molecule has 0 unspecified atom stereocenters. The molecule has 1 aliphatic heterocycles. The zero-order valence-corrected chi connectivity index (χ0v) is 12.5. The first-order valence-corrected chi connectivity index (χ1v) is 6.84. The summed E-state index contributed by atoms with van der Waals surface area (Å²) in [6, 6.07) is 11.0. The van der Waals surface area contributed by atoms with Gasteiger partial charge >= 0.3 is 0 Å². The van der Waals surface area contributed by atoms with Gasteiger partial charge in [-0.2, -0.15) is 0 Å². The number of nitrogens with zero attached hydrogens (tertiary/aromatic N) is 1. The van der Waals surface area contributed by atoms with Gasteiger partial charge in [-0.25, -0.2) is 0 Å². The van der Waals surface area contributed by atoms with Gasteiger partial charge in [-0.15, -0.1) is 0 Å². The smallest absolute Gasteiger partial charge is 0.259 e. The SMILES string of the molecule is COc1cc(N2Cc3ccccc3C2=O)c(OC)cc1Cl. The summed E-state index contributed by atoms with van der Waals surface area (Å²) >= 11 is 6.10. The van der Waals surface area contributed by atoms with E-state index in [1.165, 1.54) is 7.11 Å². The first-order valence-electron chi connectivity index (χ1n) is 6.47. The van der Waals surface area contributed by atoms with Crippen LogP contribution in [-0.2, 0) is 6.54 Å². The van der Waals surface area contributed by atoms with Gasteiger partial charge in [0.2, 0.25) is 0 Å². The molecule has 4 nitrogen and oxygen atoms in total. The summed E-state index contributed by atoms with van der Waals surface area (Å²) in [5.41, 5.74) is 2.37. The van der Waals surface area contributed by atoms with E-state index in [4.69, 9.17) is 21.1 Å². The highest BCUT2D eigenvalue weighted by Crippen LogP contribution is 2.40. The lowest BCUT2D eigenvalue weighted by molar-refractivity contribution is 0.0996. The number of hydrogen-bond acceptors (Lipinski definition) is 3. The third-order valence-corrected chi connectivity index (χ3v) is 3.86. The number of ether oxygens (including phenoxy) is 2. The molecular weight excluding hydrogens is 290 g/mol. The largest absolute Gasteiger partial charge is 0.495 e. The number of carbonyl (C=O) groups is 1. The molecule has 0 N–H and O–H groups in total. The van der Waals surface area contributed by atoms with Crippen LogP contribution in [0.25, 0.3) is 0 Å². The molecule has 1 heterocycles. The van der Waals surface area contributed by atoms with Gasteiger partial charge in [-0.3, -0.25) is 4.79 Å². The molecule has 0 saturated heterocycles. The second kappa shape index (κ2) is 5.30. The first kappa shape index (κ1) is 13.8. The summed E-state index contributed by atoms with van der Waals surface area (Å²) in [5.74, 6) is 1.01. The number of carbonyl (C=O) groups excluding carboxylic acids is 1. The number of methoxy groups -OCH3 is 2. The van der Waals surface area contributed by atoms with E-state index in [1.807, 2.05) is 24.3 Å². The molecule has 0 bridgehead atoms. The molecule has 5 heteroatoms. The second-order valence-electron chi connectivity index (χ2n) is 4.71. The van der Waals surface area contributed by atoms with Gasteiger partial charge in [0.05, 0.1) is 31.5 Å². The predicted molar refractivity (Wildman–Crippen MR) is 81.5 cm³/mol. The number of halogens is 1. The minimum Gasteiger partial charge on any atom is -0.495 e. The maximum Gasteiger partial charge on any atom is 0.259 e. The van der Waals surface area contributed by atoms with Crippen LogP contribution in [0.4, 0.5) is 5.69 Å². The van der Waals surface area contributed by atoms with Crippen LogP contribution < -0.4 is 14.4 Å². The van der Waals surface area contributed by atoms with E-state index < -0.39 is 0 Å². The fourth-order valence-electron chi connectivity index (χ4n) is 2.50. The highest BCUT2D eigenvalue weighted by Gasteiger charge is 2.30. The molecule has 0 fully saturated rings. The van der Waals surface area contributed by atoms with Crippen molar-refractivity contribution in [2.75, 3.05) is 19.1 Å². The van der Waals surface area contributed by atoms with Crippen molar-refractivity contribution in [1.29, 1.82) is 0 Å². The molecule has 2 aromatic carbocycles. The Hall–Kier alpha value is -2.20. The Kier molecular flexibility index (Phi) is 3.47. The molecule has 0 radical (unpaired) electrons. The molecule has 0 saturated carbocycles. The summed E-state index contributed by atoms with van der Waals surface area (Å²) in [6.45, 7) is 0.510. The summed E-state index contributed by atoms with van der Waals surface area (Å²) in [5, 5.41) is 0.447. The predicted octanol–water partition coefficient (Wildman–Crippen LogP) is 3.52. The summed E-state index contributed by atoms with van der Waals surface area (Å²) < 4.78 is 10.6. The molecule has 3 rings (SSSR count). The Labute approximate surface area is 127 Å². The zero-order valence-electron chi connectivity index (χ0n) is 11.7. The Balaban J connectivity index is 2.08. The van der Waals surface area contributed by atoms with Crippen molar-refractivity contribution in [3.05, 3.63) is 52.5 Å². The molecule has 1 amide bonds. The third kappa shape index (κ3) is 2.21. The van der Waals surface area contributed by atoms with Crippen molar-refractivity contribution in [2.45, 2.75) is 6.54 Å². The van der Waals surface area contributed by atoms with Gasteiger partial charge in [-0.1, -0.05) is 29.8 Å². The highest BCUT2D eigenvalue weighted by molar-refractivity contribution is 6.32. The lowest BCUT2D eigenvalue weighted by Crippen LogP contribution is -2.23. The monoisotopic (exact) mass is 303 g/mol. The van der Waals surface area contributed by atoms with Gasteiger partial charge in [0.15, 0.2) is 0 Å². The topological polar surface area (TPSA) is 38.8 Å². The molecule has 0 aromatic heterocycles. The average molecular weight is 304 g/mol. The Morgan fingerprint density at radius 3 is 2.48 bits per heavy atom. The van der Waals surface area contributed by atoms with Crippen LogP contribution in [0.15, 0.2) is 36.4 Å². The van der Waals surface area contributed by atoms with Gasteiger partial charge in [0, 0.05) is 17.7 Å². The Bertz CT molecular complexity index is 715. The minimum atomic E-state index is -0.0479. The van der Waals surface area contributed by atoms with Gasteiger partial charge in [-0.05, 0) is 11.6 Å². The molecule has 108 valence electrons. The maximum absolute atomic E-state index is 12.5. The number of fused-ring (bicyclic) bond motifs is 1. The molecule has 1 aliphatic rings. The third-order valence-electron chi connectivity index (χ3n) is 3.57. The maximum atomic E-state index is 12.5. The molecule has 2 aromatic rings. The quantitative estimate of drug-likeness (QED) is 0.871. The van der Waals surface area contributed by atoms with Crippen LogP contribution in [-0.4, -0.2) is 20.1 Å². The molecule has 0 spiro atoms. The van der Waals surface area contributed by atoms with Crippen molar-refractivity contribution < 1.29 is 14.3 Å². The summed E-state index contributed by atoms with van der Waals surface area (Å²) in [4.78, 5) is 14.2. The summed E-state index contributed by atoms with van der Waals surface area (Å²) in [7, 11) is 3.09. The van der Waals surface area contributed by atoms with Crippen LogP contribution in [0.3, 0.4) is 0 Å². The van der Waals surface area contributed by atoms with Crippen LogP contribution in [0.2, 0.25) is 5.02 Å². The number of amides is 1. The lowest BCUT2D eigenvalue weighted by atomic mass is 10.1. The van der Waals surface area contributed by atoms with E-state index >= 15 is 0 Å². The molecular formula is C16H14ClNO3. The Morgan fingerprint density at radius 1 is 1.10 bits per heavy atom. The first-order chi connectivity index (χ1) is 10.2. The fourth-order valence-corrected chi connectivity index (χ4v) is 2.74. The molecule has 21 heavy (non-hydrogen) atoms. The summed E-state index contributed by atoms with van der Waals surface area (Å²) in [6.07, 6.45) is 0. The minimum absolute atomic E-state index is 0.0479. The van der Waals surface area contributed by atoms with E-state index in [-0.39, 0.29) is 5.91 Å². The second-order valence-corrected chi connectivity index (χ2v) is 5.11. The van der Waals surface area contributed by atoms with Gasteiger partial charge in [0.25, 0.3) is 5.91 Å². The van der Waals surface area contributed by atoms with E-state index in [0.717, 1.165) is 5.56 Å². The highest BCUT2D eigenvalue weighted by atomic mass is 35.5. The van der Waals surface area contributed by atoms with E-state index in [1.54, 1.807) is 24.1 Å². The Morgan fingerprint density at radius 2 is 1.81 bits per heavy atom. The van der Waals surface area contributed by atoms with E-state index in [0.29, 0.717) is 34.3 Å². The van der Waals surface area contributed by atoms with E-state index in [2.05, 4.69) is 0 Å². The van der Waals surface area contributed by atoms with Crippen molar-refractivity contribution in [1.82, 2.24) is 0 Å². The lowest BCUT2D eigenvalue weighted by Gasteiger charge is -2.20. The zero-order chi connectivity index (χ0) is 15.0. The number of rotatable bonds is 3. The standard InChI is InChI=1S/C16H14ClNO3/c1-20-14-8-13(15(21-2)7-12(14)17)18-9-10-5-3-4-6-11(10)16(18)19/h3-8H,9H2,1-2H3. The van der Waals surface area contributed by atoms with Gasteiger partial charge < -0.3 is 14.4 Å². The van der Waals surface area contributed by atoms with Crippen LogP contribution in [0.5, 0.6) is 11.5 Å². The average Bonchev–Trinajstić information content (AvgIpc) is 2.84. The van der Waals surface area contributed by atoms with Crippen molar-refractivity contribution >= 4 is 23.2 Å². The van der Waals surface area contributed by atoms with Crippen molar-refractivity contribution in [2.24, 2.45) is 0 Å². The van der Waals surface area contributed by atoms with Gasteiger partial charge in [0.1, 0.15) is 11.5 Å². The fraction of sp³-hybridized carbons (Fsp3) is 0.188. The van der Waals surface area contributed by atoms with Crippen molar-refractivity contribution in [3.63, 3.8) is 0 Å². The van der Waals surface area contributed by atoms with Crippen LogP contribution >= 0.6 is 11.6 Å².